The molecule has 0 amide bonds. The molecule has 0 saturated heterocycles. The molecule has 0 heterocycles. The van der Waals surface area contributed by atoms with E-state index < -0.39 is 21.3 Å². The van der Waals surface area contributed by atoms with Crippen molar-refractivity contribution in [3.63, 3.8) is 0 Å². The number of esters is 1. The molecule has 2 aromatic rings. The zero-order chi connectivity index (χ0) is 27.8. The summed E-state index contributed by atoms with van der Waals surface area (Å²) in [6.07, 6.45) is 1.60. The summed E-state index contributed by atoms with van der Waals surface area (Å²) in [7, 11) is -3.58. The van der Waals surface area contributed by atoms with Gasteiger partial charge in [0.2, 0.25) is 10.0 Å². The van der Waals surface area contributed by atoms with Crippen molar-refractivity contribution in [3.05, 3.63) is 64.5 Å². The molecule has 37 heavy (non-hydrogen) atoms. The summed E-state index contributed by atoms with van der Waals surface area (Å²) in [5.41, 5.74) is 5.99. The third-order valence-electron chi connectivity index (χ3n) is 5.42. The van der Waals surface area contributed by atoms with Gasteiger partial charge in [0.1, 0.15) is 5.82 Å². The van der Waals surface area contributed by atoms with Gasteiger partial charge in [0.05, 0.1) is 30.6 Å². The Balaban J connectivity index is 1.90. The van der Waals surface area contributed by atoms with E-state index in [4.69, 9.17) is 21.8 Å². The highest BCUT2D eigenvalue weighted by molar-refractivity contribution is 7.92. The van der Waals surface area contributed by atoms with Gasteiger partial charge in [-0.3, -0.25) is 14.4 Å². The van der Waals surface area contributed by atoms with Crippen LogP contribution in [0.1, 0.15) is 43.0 Å². The van der Waals surface area contributed by atoms with E-state index in [0.29, 0.717) is 12.0 Å². The molecule has 1 unspecified atom stereocenters. The van der Waals surface area contributed by atoms with Crippen molar-refractivity contribution in [3.8, 4) is 0 Å². The zero-order valence-corrected chi connectivity index (χ0v) is 23.7. The molecule has 204 valence electrons. The van der Waals surface area contributed by atoms with Crippen LogP contribution in [0.2, 0.25) is 0 Å². The van der Waals surface area contributed by atoms with Crippen LogP contribution in [0.25, 0.3) is 0 Å². The number of carbonyl (C=O) groups is 1. The lowest BCUT2D eigenvalue weighted by Gasteiger charge is -2.22. The molecule has 0 bridgehead atoms. The van der Waals surface area contributed by atoms with Gasteiger partial charge in [0.25, 0.3) is 0 Å². The van der Waals surface area contributed by atoms with E-state index in [2.05, 4.69) is 47.6 Å². The van der Waals surface area contributed by atoms with Crippen molar-refractivity contribution in [1.82, 2.24) is 10.8 Å². The number of hydrogen-bond donors (Lipinski definition) is 3. The minimum atomic E-state index is -3.58. The van der Waals surface area contributed by atoms with Gasteiger partial charge < -0.3 is 10.1 Å². The average molecular weight is 554 g/mol. The maximum atomic E-state index is 14.2. The predicted molar refractivity (Wildman–Crippen MR) is 147 cm³/mol. The minimum absolute atomic E-state index is 0.118. The third kappa shape index (κ3) is 11.0. The molecule has 0 aliphatic carbocycles. The summed E-state index contributed by atoms with van der Waals surface area (Å²) in [4.78, 5) is 17.9. The Morgan fingerprint density at radius 1 is 1.05 bits per heavy atom. The molecule has 2 rings (SSSR count). The van der Waals surface area contributed by atoms with Crippen molar-refractivity contribution >= 4 is 39.0 Å². The summed E-state index contributed by atoms with van der Waals surface area (Å²) in [5, 5.41) is 3.10. The van der Waals surface area contributed by atoms with E-state index in [1.165, 1.54) is 23.3 Å². The molecule has 0 aliphatic heterocycles. The smallest absolute Gasteiger partial charge is 0.311 e. The highest BCUT2D eigenvalue weighted by atomic mass is 32.2. The van der Waals surface area contributed by atoms with E-state index in [9.17, 15) is 17.6 Å². The molecule has 8 nitrogen and oxygen atoms in total. The summed E-state index contributed by atoms with van der Waals surface area (Å²) in [6.45, 7) is 10.1. The standard InChI is InChI=1S/C26H36FN3O5S2/c1-17-7-8-19(11-18(17)2)12-21(15-34-24(31)26(3,4)5)16-35-29-25(36)28-14-20-9-10-23(22(27)13-20)30-37(6,32)33/h7-11,13,21,30H,12,14-16H2,1-6H3,(H2,28,29,36). The Morgan fingerprint density at radius 2 is 1.73 bits per heavy atom. The fourth-order valence-corrected chi connectivity index (χ4v) is 3.93. The number of benzene rings is 2. The summed E-state index contributed by atoms with van der Waals surface area (Å²) in [6, 6.07) is 10.4. The number of hydrogen-bond acceptors (Lipinski definition) is 6. The summed E-state index contributed by atoms with van der Waals surface area (Å²) in [5.74, 6) is -1.10. The first kappa shape index (κ1) is 30.5. The van der Waals surface area contributed by atoms with Gasteiger partial charge in [-0.1, -0.05) is 24.3 Å². The number of halogens is 1. The number of ether oxygens (including phenoxy) is 1. The van der Waals surface area contributed by atoms with Gasteiger partial charge in [-0.25, -0.2) is 18.3 Å². The Labute approximate surface area is 224 Å². The largest absolute Gasteiger partial charge is 0.465 e. The van der Waals surface area contributed by atoms with E-state index in [-0.39, 0.29) is 42.4 Å². The van der Waals surface area contributed by atoms with Crippen LogP contribution in [0, 0.1) is 31.0 Å². The van der Waals surface area contributed by atoms with Gasteiger partial charge in [-0.2, -0.15) is 0 Å². The lowest BCUT2D eigenvalue weighted by molar-refractivity contribution is -0.155. The molecular weight excluding hydrogens is 517 g/mol. The predicted octanol–water partition coefficient (Wildman–Crippen LogP) is 4.16. The topological polar surface area (TPSA) is 106 Å². The second-order valence-corrected chi connectivity index (χ2v) is 12.3. The first-order valence-electron chi connectivity index (χ1n) is 11.8. The van der Waals surface area contributed by atoms with Crippen LogP contribution in [0.3, 0.4) is 0 Å². The van der Waals surface area contributed by atoms with Crippen molar-refractivity contribution in [2.75, 3.05) is 24.2 Å². The quantitative estimate of drug-likeness (QED) is 0.217. The van der Waals surface area contributed by atoms with Gasteiger partial charge in [-0.15, -0.1) is 0 Å². The molecular formula is C26H36FN3O5S2. The fraction of sp³-hybridized carbons (Fsp3) is 0.462. The molecule has 0 fully saturated rings. The number of carbonyl (C=O) groups excluding carboxylic acids is 1. The van der Waals surface area contributed by atoms with E-state index in [1.807, 2.05) is 0 Å². The van der Waals surface area contributed by atoms with Crippen molar-refractivity contribution in [2.45, 2.75) is 47.6 Å². The SMILES string of the molecule is Cc1ccc(CC(CONC(=S)NCc2ccc(NS(C)(=O)=O)c(F)c2)COC(=O)C(C)(C)C)cc1C. The Kier molecular flexibility index (Phi) is 10.8. The average Bonchev–Trinajstić information content (AvgIpc) is 2.78. The molecule has 0 spiro atoms. The number of anilines is 1. The second kappa shape index (κ2) is 13.2. The molecule has 0 saturated carbocycles. The maximum Gasteiger partial charge on any atom is 0.311 e. The van der Waals surface area contributed by atoms with Gasteiger partial charge in [0.15, 0.2) is 5.11 Å². The van der Waals surface area contributed by atoms with Crippen LogP contribution < -0.4 is 15.5 Å². The minimum Gasteiger partial charge on any atom is -0.465 e. The molecule has 1 atom stereocenters. The number of rotatable bonds is 11. The Hall–Kier alpha value is -2.76. The first-order valence-corrected chi connectivity index (χ1v) is 14.1. The maximum absolute atomic E-state index is 14.2. The molecule has 11 heteroatoms. The molecule has 2 aromatic carbocycles. The number of sulfonamides is 1. The Bertz CT molecular complexity index is 1210. The normalized spacial score (nSPS) is 12.5. The van der Waals surface area contributed by atoms with Gasteiger partial charge in [0, 0.05) is 12.5 Å². The summed E-state index contributed by atoms with van der Waals surface area (Å²) >= 11 is 5.23. The first-order chi connectivity index (χ1) is 17.1. The van der Waals surface area contributed by atoms with Crippen LogP contribution in [-0.4, -0.2) is 39.0 Å². The second-order valence-electron chi connectivity index (χ2n) is 10.1. The Morgan fingerprint density at radius 3 is 2.32 bits per heavy atom. The van der Waals surface area contributed by atoms with Gasteiger partial charge in [-0.05, 0) is 87.6 Å². The van der Waals surface area contributed by atoms with E-state index in [0.717, 1.165) is 11.8 Å². The number of nitrogens with one attached hydrogen (secondary N) is 3. The molecule has 0 radical (unpaired) electrons. The number of hydroxylamine groups is 1. The van der Waals surface area contributed by atoms with Crippen LogP contribution in [0.4, 0.5) is 10.1 Å². The summed E-state index contributed by atoms with van der Waals surface area (Å²) < 4.78 is 44.4. The van der Waals surface area contributed by atoms with Crippen molar-refractivity contribution < 1.29 is 27.2 Å². The number of aryl methyl sites for hydroxylation is 2. The highest BCUT2D eigenvalue weighted by Crippen LogP contribution is 2.19. The number of thiocarbonyl (C=S) groups is 1. The van der Waals surface area contributed by atoms with Crippen LogP contribution >= 0.6 is 12.2 Å². The molecule has 0 aromatic heterocycles. The molecule has 3 N–H and O–H groups in total. The van der Waals surface area contributed by atoms with E-state index >= 15 is 0 Å². The van der Waals surface area contributed by atoms with Crippen LogP contribution in [0.15, 0.2) is 36.4 Å². The lowest BCUT2D eigenvalue weighted by atomic mass is 9.96. The van der Waals surface area contributed by atoms with Gasteiger partial charge >= 0.3 is 5.97 Å². The monoisotopic (exact) mass is 553 g/mol. The zero-order valence-electron chi connectivity index (χ0n) is 22.1. The van der Waals surface area contributed by atoms with Crippen LogP contribution in [-0.2, 0) is 37.4 Å². The van der Waals surface area contributed by atoms with Crippen LogP contribution in [0.5, 0.6) is 0 Å². The van der Waals surface area contributed by atoms with Crippen molar-refractivity contribution in [1.29, 1.82) is 0 Å². The molecule has 0 aliphatic rings. The third-order valence-corrected chi connectivity index (χ3v) is 6.24. The lowest BCUT2D eigenvalue weighted by Crippen LogP contribution is -2.37. The van der Waals surface area contributed by atoms with Crippen molar-refractivity contribution in [2.24, 2.45) is 11.3 Å². The van der Waals surface area contributed by atoms with E-state index in [1.54, 1.807) is 26.8 Å². The highest BCUT2D eigenvalue weighted by Gasteiger charge is 2.24. The fourth-order valence-electron chi connectivity index (χ4n) is 3.23.